The second-order valence-corrected chi connectivity index (χ2v) is 18.1. The predicted octanol–water partition coefficient (Wildman–Crippen LogP) is 15.9. The molecule has 1 heterocycles. The van der Waals surface area contributed by atoms with Gasteiger partial charge in [0, 0.05) is 37.5 Å². The van der Waals surface area contributed by atoms with Gasteiger partial charge in [-0.05, 0) is 98.3 Å². The first-order valence-corrected chi connectivity index (χ1v) is 23.0. The van der Waals surface area contributed by atoms with Gasteiger partial charge in [-0.25, -0.2) is 0 Å². The van der Waals surface area contributed by atoms with Gasteiger partial charge in [-0.3, -0.25) is 0 Å². The number of hydrogen-bond donors (Lipinski definition) is 0. The molecule has 9 aromatic rings. The second kappa shape index (κ2) is 15.6. The molecule has 0 N–H and O–H groups in total. The molecule has 2 heteroatoms. The Hall–Kier alpha value is -7.26. The average Bonchev–Trinajstić information content (AvgIpc) is 3.90. The molecule has 0 fully saturated rings. The summed E-state index contributed by atoms with van der Waals surface area (Å²) in [4.78, 5) is 2.64. The Bertz CT molecular complexity index is 3250. The third kappa shape index (κ3) is 6.20. The molecule has 2 atom stereocenters. The van der Waals surface area contributed by atoms with E-state index in [4.69, 9.17) is 0 Å². The Labute approximate surface area is 374 Å². The molecule has 0 amide bonds. The van der Waals surface area contributed by atoms with Gasteiger partial charge in [0.25, 0.3) is 0 Å². The van der Waals surface area contributed by atoms with Gasteiger partial charge >= 0.3 is 0 Å². The number of thiophene rings is 1. The van der Waals surface area contributed by atoms with Gasteiger partial charge in [0.1, 0.15) is 0 Å². The maximum Gasteiger partial charge on any atom is 0.0713 e. The van der Waals surface area contributed by atoms with Crippen LogP contribution in [0.15, 0.2) is 242 Å². The minimum absolute atomic E-state index is 0.120. The fraction of sp³-hybridized carbons (Fsp3) is 0.0820. The van der Waals surface area contributed by atoms with Crippen molar-refractivity contribution in [2.75, 3.05) is 4.90 Å². The zero-order valence-corrected chi connectivity index (χ0v) is 35.8. The fourth-order valence-corrected chi connectivity index (χ4v) is 12.1. The number of allylic oxidation sites excluding steroid dienone is 6. The summed E-state index contributed by atoms with van der Waals surface area (Å²) >= 11 is 1.91. The number of fused-ring (bicyclic) bond motifs is 6. The lowest BCUT2D eigenvalue weighted by Crippen LogP contribution is -2.36. The van der Waals surface area contributed by atoms with Crippen LogP contribution in [-0.2, 0) is 5.41 Å². The molecule has 0 saturated carbocycles. The largest absolute Gasteiger partial charge is 0.337 e. The summed E-state index contributed by atoms with van der Waals surface area (Å²) in [5, 5.41) is 2.68. The van der Waals surface area contributed by atoms with E-state index in [0.29, 0.717) is 0 Å². The van der Waals surface area contributed by atoms with Crippen LogP contribution in [0.3, 0.4) is 0 Å². The summed E-state index contributed by atoms with van der Waals surface area (Å²) in [6.07, 6.45) is 16.1. The zero-order chi connectivity index (χ0) is 41.7. The highest BCUT2D eigenvalue weighted by Gasteiger charge is 2.46. The van der Waals surface area contributed by atoms with Crippen LogP contribution in [0.1, 0.15) is 52.1 Å². The number of benzene rings is 8. The van der Waals surface area contributed by atoms with Crippen molar-refractivity contribution in [3.8, 4) is 22.3 Å². The van der Waals surface area contributed by atoms with Crippen LogP contribution in [0.25, 0.3) is 48.0 Å². The minimum atomic E-state index is -0.443. The monoisotopic (exact) mass is 823 g/mol. The zero-order valence-electron chi connectivity index (χ0n) is 34.9. The molecule has 300 valence electrons. The molecule has 63 heavy (non-hydrogen) atoms. The van der Waals surface area contributed by atoms with E-state index in [1.807, 2.05) is 11.3 Å². The highest BCUT2D eigenvalue weighted by atomic mass is 32.1. The van der Waals surface area contributed by atoms with Crippen molar-refractivity contribution in [3.05, 3.63) is 276 Å². The summed E-state index contributed by atoms with van der Waals surface area (Å²) < 4.78 is 2.70. The van der Waals surface area contributed by atoms with Crippen molar-refractivity contribution in [2.45, 2.75) is 30.2 Å². The molecule has 8 aromatic carbocycles. The molecule has 0 aliphatic heterocycles. The van der Waals surface area contributed by atoms with E-state index in [9.17, 15) is 0 Å². The minimum Gasteiger partial charge on any atom is -0.337 e. The predicted molar refractivity (Wildman–Crippen MR) is 268 cm³/mol. The van der Waals surface area contributed by atoms with E-state index in [2.05, 4.69) is 242 Å². The Morgan fingerprint density at radius 1 is 0.524 bits per heavy atom. The van der Waals surface area contributed by atoms with Crippen molar-refractivity contribution < 1.29 is 0 Å². The van der Waals surface area contributed by atoms with E-state index >= 15 is 0 Å². The number of anilines is 1. The SMILES string of the molecule is C1=CCC(c2cccc(-c3ccccc3)c2)C(N(c2ccc(C3(c4ccccc4)c4ccccc4-c4ccccc43)cc2)C2C=CC(c3cccc4c3sc3ccccc34)=CC2)=C1. The lowest BCUT2D eigenvalue weighted by molar-refractivity contribution is 0.675. The first-order chi connectivity index (χ1) is 31.3. The maximum absolute atomic E-state index is 2.64. The molecule has 0 radical (unpaired) electrons. The van der Waals surface area contributed by atoms with Crippen LogP contribution in [-0.4, -0.2) is 6.04 Å². The van der Waals surface area contributed by atoms with Crippen molar-refractivity contribution in [2.24, 2.45) is 0 Å². The normalized spacial score (nSPS) is 17.3. The molecule has 0 spiro atoms. The van der Waals surface area contributed by atoms with Gasteiger partial charge < -0.3 is 4.90 Å². The summed E-state index contributed by atoms with van der Waals surface area (Å²) in [7, 11) is 0. The van der Waals surface area contributed by atoms with Gasteiger partial charge in [-0.1, -0.05) is 212 Å². The lowest BCUT2D eigenvalue weighted by atomic mass is 9.67. The number of rotatable bonds is 8. The smallest absolute Gasteiger partial charge is 0.0713 e. The first kappa shape index (κ1) is 37.5. The Balaban J connectivity index is 0.980. The second-order valence-electron chi connectivity index (χ2n) is 17.0. The molecule has 2 unspecified atom stereocenters. The summed E-state index contributed by atoms with van der Waals surface area (Å²) in [6.45, 7) is 0. The summed E-state index contributed by atoms with van der Waals surface area (Å²) in [5.74, 6) is 0.189. The standard InChI is InChI=1S/C61H45NS/c1-3-17-42(18-4-1)44-19-15-20-45(41-44)50-23-9-13-31-58(50)62(48-37-33-43(34-38-48)51-27-16-28-55-54-26-10-14-32-59(54)63-60(51)55)49-39-35-47(36-40-49)61(46-21-5-2-6-22-46)56-29-11-7-24-52(56)53-25-8-12-30-57(53)61/h1-22,24-37,39-41,48,50H,23,38H2. The molecule has 0 bridgehead atoms. The molecule has 1 nitrogen and oxygen atoms in total. The van der Waals surface area contributed by atoms with E-state index in [-0.39, 0.29) is 12.0 Å². The van der Waals surface area contributed by atoms with Crippen LogP contribution in [0.5, 0.6) is 0 Å². The first-order valence-electron chi connectivity index (χ1n) is 22.2. The van der Waals surface area contributed by atoms with Crippen LogP contribution >= 0.6 is 11.3 Å². The van der Waals surface area contributed by atoms with Gasteiger partial charge in [-0.15, -0.1) is 11.3 Å². The highest BCUT2D eigenvalue weighted by molar-refractivity contribution is 7.26. The maximum atomic E-state index is 2.64. The molecule has 12 rings (SSSR count). The van der Waals surface area contributed by atoms with Gasteiger partial charge in [0.2, 0.25) is 0 Å². The molecule has 0 saturated heterocycles. The topological polar surface area (TPSA) is 3.24 Å². The van der Waals surface area contributed by atoms with E-state index in [0.717, 1.165) is 12.8 Å². The van der Waals surface area contributed by atoms with Gasteiger partial charge in [0.15, 0.2) is 0 Å². The Kier molecular flexibility index (Phi) is 9.27. The van der Waals surface area contributed by atoms with Crippen LogP contribution in [0.2, 0.25) is 0 Å². The van der Waals surface area contributed by atoms with E-state index in [1.165, 1.54) is 92.8 Å². The molecular formula is C61H45NS. The van der Waals surface area contributed by atoms with E-state index < -0.39 is 5.41 Å². The average molecular weight is 824 g/mol. The quantitative estimate of drug-likeness (QED) is 0.148. The molecule has 3 aliphatic rings. The van der Waals surface area contributed by atoms with Gasteiger partial charge in [0.05, 0.1) is 11.5 Å². The van der Waals surface area contributed by atoms with Crippen molar-refractivity contribution in [3.63, 3.8) is 0 Å². The van der Waals surface area contributed by atoms with Crippen LogP contribution in [0.4, 0.5) is 5.69 Å². The van der Waals surface area contributed by atoms with Crippen molar-refractivity contribution in [1.82, 2.24) is 0 Å². The Morgan fingerprint density at radius 3 is 1.92 bits per heavy atom. The highest BCUT2D eigenvalue weighted by Crippen LogP contribution is 2.56. The number of nitrogens with zero attached hydrogens (tertiary/aromatic N) is 1. The molecule has 1 aromatic heterocycles. The summed E-state index contributed by atoms with van der Waals surface area (Å²) in [5.41, 5.74) is 16.4. The molecular weight excluding hydrogens is 779 g/mol. The third-order valence-electron chi connectivity index (χ3n) is 13.7. The lowest BCUT2D eigenvalue weighted by Gasteiger charge is -2.40. The van der Waals surface area contributed by atoms with Crippen molar-refractivity contribution >= 4 is 42.8 Å². The summed E-state index contributed by atoms with van der Waals surface area (Å²) in [6, 6.07) is 74.5. The van der Waals surface area contributed by atoms with Gasteiger partial charge in [-0.2, -0.15) is 0 Å². The number of hydrogen-bond acceptors (Lipinski definition) is 2. The fourth-order valence-electron chi connectivity index (χ4n) is 10.8. The third-order valence-corrected chi connectivity index (χ3v) is 14.9. The van der Waals surface area contributed by atoms with Crippen molar-refractivity contribution in [1.29, 1.82) is 0 Å². The van der Waals surface area contributed by atoms with Crippen LogP contribution < -0.4 is 4.90 Å². The molecule has 3 aliphatic carbocycles. The van der Waals surface area contributed by atoms with E-state index in [1.54, 1.807) is 0 Å². The Morgan fingerprint density at radius 2 is 1.16 bits per heavy atom. The van der Waals surface area contributed by atoms with Crippen LogP contribution in [0, 0.1) is 0 Å².